The Kier molecular flexibility index (Phi) is 6.02. The van der Waals surface area contributed by atoms with Crippen LogP contribution in [0.3, 0.4) is 0 Å². The van der Waals surface area contributed by atoms with E-state index >= 15 is 0 Å². The highest BCUT2D eigenvalue weighted by atomic mass is 79.9. The number of rotatable bonds is 5. The summed E-state index contributed by atoms with van der Waals surface area (Å²) in [5, 5.41) is 7.61. The van der Waals surface area contributed by atoms with Crippen LogP contribution in [0.25, 0.3) is 22.2 Å². The summed E-state index contributed by atoms with van der Waals surface area (Å²) in [5.74, 6) is 1.59. The number of ether oxygens (including phenoxy) is 1. The first-order valence-corrected chi connectivity index (χ1v) is 11.2. The lowest BCUT2D eigenvalue weighted by Crippen LogP contribution is -2.13. The van der Waals surface area contributed by atoms with Gasteiger partial charge in [0.2, 0.25) is 0 Å². The van der Waals surface area contributed by atoms with E-state index < -0.39 is 0 Å². The summed E-state index contributed by atoms with van der Waals surface area (Å²) in [5.41, 5.74) is 2.61. The molecule has 7 heteroatoms. The van der Waals surface area contributed by atoms with Crippen LogP contribution in [0, 0.1) is 0 Å². The normalized spacial score (nSPS) is 11.5. The van der Waals surface area contributed by atoms with Gasteiger partial charge in [0, 0.05) is 26.9 Å². The van der Waals surface area contributed by atoms with Crippen molar-refractivity contribution >= 4 is 38.6 Å². The molecule has 2 aromatic heterocycles. The second-order valence-electron chi connectivity index (χ2n) is 8.45. The standard InChI is InChI=1S/C25H24BrN3O3/c1-5-31-17-9-6-15(7-10-17)21-13-19(18-12-16(26)8-11-20(18)27-21)24(30)28-23-14-22(32-29-23)25(2,3)4/h6-14H,5H2,1-4H3,(H,28,29,30). The Morgan fingerprint density at radius 3 is 2.50 bits per heavy atom. The monoisotopic (exact) mass is 493 g/mol. The number of pyridine rings is 1. The Hall–Kier alpha value is -3.19. The van der Waals surface area contributed by atoms with Crippen molar-refractivity contribution in [2.24, 2.45) is 0 Å². The fourth-order valence-electron chi connectivity index (χ4n) is 3.29. The van der Waals surface area contributed by atoms with E-state index in [0.717, 1.165) is 26.7 Å². The number of nitrogens with one attached hydrogen (secondary N) is 1. The zero-order valence-electron chi connectivity index (χ0n) is 18.4. The molecular weight excluding hydrogens is 470 g/mol. The van der Waals surface area contributed by atoms with Gasteiger partial charge in [-0.1, -0.05) is 41.9 Å². The van der Waals surface area contributed by atoms with E-state index in [2.05, 4.69) is 26.4 Å². The summed E-state index contributed by atoms with van der Waals surface area (Å²) in [7, 11) is 0. The molecule has 0 unspecified atom stereocenters. The van der Waals surface area contributed by atoms with Gasteiger partial charge in [-0.3, -0.25) is 4.79 Å². The molecular formula is C25H24BrN3O3. The topological polar surface area (TPSA) is 77.2 Å². The van der Waals surface area contributed by atoms with E-state index in [4.69, 9.17) is 14.2 Å². The van der Waals surface area contributed by atoms with Gasteiger partial charge in [-0.15, -0.1) is 0 Å². The summed E-state index contributed by atoms with van der Waals surface area (Å²) in [6, 6.07) is 16.9. The van der Waals surface area contributed by atoms with Gasteiger partial charge >= 0.3 is 0 Å². The van der Waals surface area contributed by atoms with Crippen molar-refractivity contribution in [1.29, 1.82) is 0 Å². The molecule has 164 valence electrons. The number of hydrogen-bond donors (Lipinski definition) is 1. The van der Waals surface area contributed by atoms with Crippen LogP contribution in [0.1, 0.15) is 43.8 Å². The minimum Gasteiger partial charge on any atom is -0.494 e. The third kappa shape index (κ3) is 4.67. The predicted molar refractivity (Wildman–Crippen MR) is 129 cm³/mol. The van der Waals surface area contributed by atoms with Crippen LogP contribution in [-0.2, 0) is 5.41 Å². The molecule has 0 bridgehead atoms. The maximum absolute atomic E-state index is 13.3. The lowest BCUT2D eigenvalue weighted by Gasteiger charge is -2.12. The molecule has 2 heterocycles. The zero-order valence-corrected chi connectivity index (χ0v) is 20.0. The molecule has 0 spiro atoms. The third-order valence-electron chi connectivity index (χ3n) is 4.97. The number of halogens is 1. The molecule has 0 saturated carbocycles. The van der Waals surface area contributed by atoms with Crippen LogP contribution in [-0.4, -0.2) is 22.7 Å². The van der Waals surface area contributed by atoms with Crippen molar-refractivity contribution in [3.8, 4) is 17.0 Å². The van der Waals surface area contributed by atoms with Crippen molar-refractivity contribution in [3.63, 3.8) is 0 Å². The highest BCUT2D eigenvalue weighted by Crippen LogP contribution is 2.29. The number of carbonyl (C=O) groups excluding carboxylic acids is 1. The molecule has 1 amide bonds. The van der Waals surface area contributed by atoms with Gasteiger partial charge in [-0.25, -0.2) is 4.98 Å². The van der Waals surface area contributed by atoms with E-state index in [-0.39, 0.29) is 11.3 Å². The molecule has 0 aliphatic carbocycles. The number of carbonyl (C=O) groups is 1. The Labute approximate surface area is 195 Å². The second kappa shape index (κ2) is 8.74. The SMILES string of the molecule is CCOc1ccc(-c2cc(C(=O)Nc3cc(C(C)(C)C)on3)c3cc(Br)ccc3n2)cc1. The highest BCUT2D eigenvalue weighted by Gasteiger charge is 2.21. The van der Waals surface area contributed by atoms with E-state index in [1.807, 2.05) is 70.2 Å². The lowest BCUT2D eigenvalue weighted by atomic mass is 9.93. The summed E-state index contributed by atoms with van der Waals surface area (Å²) < 4.78 is 11.8. The summed E-state index contributed by atoms with van der Waals surface area (Å²) >= 11 is 3.49. The first-order chi connectivity index (χ1) is 15.2. The number of benzene rings is 2. The number of amides is 1. The van der Waals surface area contributed by atoms with Crippen molar-refractivity contribution in [2.45, 2.75) is 33.1 Å². The highest BCUT2D eigenvalue weighted by molar-refractivity contribution is 9.10. The predicted octanol–water partition coefficient (Wildman–Crippen LogP) is 6.60. The van der Waals surface area contributed by atoms with Crippen LogP contribution in [0.2, 0.25) is 0 Å². The third-order valence-corrected chi connectivity index (χ3v) is 5.46. The quantitative estimate of drug-likeness (QED) is 0.338. The average molecular weight is 494 g/mol. The van der Waals surface area contributed by atoms with Crippen LogP contribution in [0.15, 0.2) is 63.6 Å². The summed E-state index contributed by atoms with van der Waals surface area (Å²) in [6.07, 6.45) is 0. The maximum Gasteiger partial charge on any atom is 0.257 e. The fourth-order valence-corrected chi connectivity index (χ4v) is 3.65. The van der Waals surface area contributed by atoms with E-state index in [1.165, 1.54) is 0 Å². The maximum atomic E-state index is 13.3. The van der Waals surface area contributed by atoms with Gasteiger partial charge in [-0.05, 0) is 55.5 Å². The van der Waals surface area contributed by atoms with Crippen LogP contribution >= 0.6 is 15.9 Å². The molecule has 4 aromatic rings. The lowest BCUT2D eigenvalue weighted by molar-refractivity contribution is 0.102. The van der Waals surface area contributed by atoms with Crippen molar-refractivity contribution in [1.82, 2.24) is 10.1 Å². The summed E-state index contributed by atoms with van der Waals surface area (Å²) in [4.78, 5) is 18.0. The molecule has 0 radical (unpaired) electrons. The van der Waals surface area contributed by atoms with Crippen LogP contribution < -0.4 is 10.1 Å². The largest absolute Gasteiger partial charge is 0.494 e. The zero-order chi connectivity index (χ0) is 22.9. The Morgan fingerprint density at radius 2 is 1.84 bits per heavy atom. The molecule has 0 fully saturated rings. The van der Waals surface area contributed by atoms with E-state index in [0.29, 0.717) is 29.4 Å². The Bertz CT molecular complexity index is 1270. The van der Waals surface area contributed by atoms with Gasteiger partial charge in [0.25, 0.3) is 5.91 Å². The van der Waals surface area contributed by atoms with Gasteiger partial charge < -0.3 is 14.6 Å². The molecule has 2 aromatic carbocycles. The first-order valence-electron chi connectivity index (χ1n) is 10.4. The molecule has 1 N–H and O–H groups in total. The Balaban J connectivity index is 1.74. The second-order valence-corrected chi connectivity index (χ2v) is 9.37. The smallest absolute Gasteiger partial charge is 0.257 e. The van der Waals surface area contributed by atoms with Gasteiger partial charge in [0.15, 0.2) is 5.82 Å². The number of hydrogen-bond acceptors (Lipinski definition) is 5. The van der Waals surface area contributed by atoms with Crippen LogP contribution in [0.5, 0.6) is 5.75 Å². The minimum absolute atomic E-state index is 0.203. The minimum atomic E-state index is -0.281. The number of fused-ring (bicyclic) bond motifs is 1. The average Bonchev–Trinajstić information content (AvgIpc) is 3.23. The molecule has 0 atom stereocenters. The van der Waals surface area contributed by atoms with Crippen molar-refractivity contribution in [2.75, 3.05) is 11.9 Å². The van der Waals surface area contributed by atoms with E-state index in [1.54, 1.807) is 12.1 Å². The Morgan fingerprint density at radius 1 is 1.09 bits per heavy atom. The molecule has 0 aliphatic rings. The van der Waals surface area contributed by atoms with Crippen LogP contribution in [0.4, 0.5) is 5.82 Å². The fraction of sp³-hybridized carbons (Fsp3) is 0.240. The number of aromatic nitrogens is 2. The van der Waals surface area contributed by atoms with Gasteiger partial charge in [0.05, 0.1) is 23.4 Å². The van der Waals surface area contributed by atoms with Gasteiger partial charge in [-0.2, -0.15) is 0 Å². The van der Waals surface area contributed by atoms with Crippen molar-refractivity contribution < 1.29 is 14.1 Å². The molecule has 4 rings (SSSR count). The molecule has 32 heavy (non-hydrogen) atoms. The molecule has 0 aliphatic heterocycles. The number of anilines is 1. The van der Waals surface area contributed by atoms with Crippen molar-refractivity contribution in [3.05, 3.63) is 70.4 Å². The van der Waals surface area contributed by atoms with Gasteiger partial charge in [0.1, 0.15) is 11.5 Å². The first kappa shape index (κ1) is 22.0. The van der Waals surface area contributed by atoms with E-state index in [9.17, 15) is 4.79 Å². The number of nitrogens with zero attached hydrogens (tertiary/aromatic N) is 2. The summed E-state index contributed by atoms with van der Waals surface area (Å²) in [6.45, 7) is 8.62. The molecule has 6 nitrogen and oxygen atoms in total. The molecule has 0 saturated heterocycles.